The standard InChI is InChI=1S/C9H17NO2/c1-3-5-6-8-9(7-4-2)10(11)12/h7H,3-6,8H2,1-2H3. The van der Waals surface area contributed by atoms with E-state index in [-0.39, 0.29) is 4.92 Å². The average molecular weight is 171 g/mol. The van der Waals surface area contributed by atoms with Gasteiger partial charge in [-0.25, -0.2) is 0 Å². The summed E-state index contributed by atoms with van der Waals surface area (Å²) in [5, 5.41) is 10.4. The van der Waals surface area contributed by atoms with E-state index >= 15 is 0 Å². The molecule has 0 aromatic rings. The molecule has 0 heterocycles. The molecule has 0 aliphatic rings. The van der Waals surface area contributed by atoms with Gasteiger partial charge in [-0.15, -0.1) is 0 Å². The topological polar surface area (TPSA) is 43.1 Å². The zero-order valence-electron chi connectivity index (χ0n) is 7.88. The fourth-order valence-electron chi connectivity index (χ4n) is 1.06. The number of nitro groups is 1. The molecule has 0 bridgehead atoms. The molecule has 0 rings (SSSR count). The van der Waals surface area contributed by atoms with Crippen LogP contribution >= 0.6 is 0 Å². The summed E-state index contributed by atoms with van der Waals surface area (Å²) in [5.41, 5.74) is 0.381. The molecule has 0 saturated carbocycles. The Bertz CT molecular complexity index is 164. The van der Waals surface area contributed by atoms with E-state index in [0.29, 0.717) is 12.1 Å². The lowest BCUT2D eigenvalue weighted by atomic mass is 10.1. The molecule has 3 heteroatoms. The monoisotopic (exact) mass is 171 g/mol. The fraction of sp³-hybridized carbons (Fsp3) is 0.778. The van der Waals surface area contributed by atoms with E-state index in [4.69, 9.17) is 0 Å². The highest BCUT2D eigenvalue weighted by molar-refractivity contribution is 4.90. The Labute approximate surface area is 73.6 Å². The zero-order valence-corrected chi connectivity index (χ0v) is 7.88. The summed E-state index contributed by atoms with van der Waals surface area (Å²) in [6.45, 7) is 4.01. The summed E-state index contributed by atoms with van der Waals surface area (Å²) in [4.78, 5) is 10.2. The molecule has 12 heavy (non-hydrogen) atoms. The maximum atomic E-state index is 10.4. The fourth-order valence-corrected chi connectivity index (χ4v) is 1.06. The van der Waals surface area contributed by atoms with Gasteiger partial charge in [-0.1, -0.05) is 26.7 Å². The lowest BCUT2D eigenvalue weighted by Crippen LogP contribution is -1.98. The van der Waals surface area contributed by atoms with E-state index in [1.54, 1.807) is 6.08 Å². The smallest absolute Gasteiger partial charge is 0.242 e. The minimum absolute atomic E-state index is 0.265. The van der Waals surface area contributed by atoms with Crippen molar-refractivity contribution in [2.24, 2.45) is 0 Å². The van der Waals surface area contributed by atoms with Gasteiger partial charge in [-0.2, -0.15) is 0 Å². The van der Waals surface area contributed by atoms with Crippen LogP contribution in [0.2, 0.25) is 0 Å². The molecule has 0 aliphatic carbocycles. The Morgan fingerprint density at radius 3 is 2.50 bits per heavy atom. The molecule has 0 fully saturated rings. The molecule has 0 spiro atoms. The number of hydrogen-bond donors (Lipinski definition) is 0. The van der Waals surface area contributed by atoms with Gasteiger partial charge in [0.25, 0.3) is 0 Å². The Hall–Kier alpha value is -0.860. The second-order valence-electron chi connectivity index (χ2n) is 2.82. The molecule has 70 valence electrons. The van der Waals surface area contributed by atoms with Crippen molar-refractivity contribution >= 4 is 0 Å². The van der Waals surface area contributed by atoms with Crippen molar-refractivity contribution in [3.8, 4) is 0 Å². The van der Waals surface area contributed by atoms with Crippen LogP contribution in [-0.4, -0.2) is 4.92 Å². The first kappa shape index (κ1) is 11.1. The maximum Gasteiger partial charge on any atom is 0.242 e. The molecule has 3 nitrogen and oxygen atoms in total. The number of rotatable bonds is 6. The van der Waals surface area contributed by atoms with Crippen LogP contribution in [0.3, 0.4) is 0 Å². The van der Waals surface area contributed by atoms with Gasteiger partial charge < -0.3 is 0 Å². The van der Waals surface area contributed by atoms with Crippen molar-refractivity contribution in [1.29, 1.82) is 0 Å². The molecule has 0 aromatic carbocycles. The third-order valence-electron chi connectivity index (χ3n) is 1.71. The first-order chi connectivity index (χ1) is 5.72. The van der Waals surface area contributed by atoms with Crippen molar-refractivity contribution < 1.29 is 4.92 Å². The van der Waals surface area contributed by atoms with Crippen LogP contribution in [0, 0.1) is 10.1 Å². The van der Waals surface area contributed by atoms with E-state index < -0.39 is 0 Å². The Morgan fingerprint density at radius 1 is 1.42 bits per heavy atom. The molecular weight excluding hydrogens is 154 g/mol. The lowest BCUT2D eigenvalue weighted by Gasteiger charge is -1.96. The number of allylic oxidation sites excluding steroid dienone is 2. The van der Waals surface area contributed by atoms with E-state index in [1.165, 1.54) is 0 Å². The Morgan fingerprint density at radius 2 is 2.08 bits per heavy atom. The predicted molar refractivity (Wildman–Crippen MR) is 49.5 cm³/mol. The summed E-state index contributed by atoms with van der Waals surface area (Å²) in [6.07, 6.45) is 6.20. The first-order valence-electron chi connectivity index (χ1n) is 4.55. The second-order valence-corrected chi connectivity index (χ2v) is 2.82. The number of nitrogens with zero attached hydrogens (tertiary/aromatic N) is 1. The van der Waals surface area contributed by atoms with E-state index in [0.717, 1.165) is 25.7 Å². The minimum Gasteiger partial charge on any atom is -0.259 e. The van der Waals surface area contributed by atoms with Gasteiger partial charge in [0.05, 0.1) is 4.92 Å². The molecular formula is C9H17NO2. The molecule has 0 saturated heterocycles. The van der Waals surface area contributed by atoms with Gasteiger partial charge >= 0.3 is 0 Å². The third-order valence-corrected chi connectivity index (χ3v) is 1.71. The predicted octanol–water partition coefficient (Wildman–Crippen LogP) is 3.14. The largest absolute Gasteiger partial charge is 0.259 e. The molecule has 0 atom stereocenters. The Balaban J connectivity index is 3.81. The van der Waals surface area contributed by atoms with Crippen molar-refractivity contribution in [3.05, 3.63) is 21.9 Å². The van der Waals surface area contributed by atoms with Crippen LogP contribution < -0.4 is 0 Å². The second kappa shape index (κ2) is 6.83. The zero-order chi connectivity index (χ0) is 9.40. The molecule has 0 N–H and O–H groups in total. The maximum absolute atomic E-state index is 10.4. The van der Waals surface area contributed by atoms with E-state index in [2.05, 4.69) is 6.92 Å². The summed E-state index contributed by atoms with van der Waals surface area (Å²) in [5.74, 6) is 0. The van der Waals surface area contributed by atoms with Gasteiger partial charge in [0.15, 0.2) is 0 Å². The molecule has 0 unspecified atom stereocenters. The summed E-state index contributed by atoms with van der Waals surface area (Å²) >= 11 is 0. The van der Waals surface area contributed by atoms with Gasteiger partial charge in [0.2, 0.25) is 5.70 Å². The SMILES string of the molecule is CCC=C(CCCCC)[N+](=O)[O-]. The number of hydrogen-bond acceptors (Lipinski definition) is 2. The Kier molecular flexibility index (Phi) is 6.34. The van der Waals surface area contributed by atoms with Crippen LogP contribution in [0.15, 0.2) is 11.8 Å². The van der Waals surface area contributed by atoms with E-state index in [1.807, 2.05) is 6.92 Å². The highest BCUT2D eigenvalue weighted by Gasteiger charge is 2.07. The van der Waals surface area contributed by atoms with Crippen LogP contribution in [-0.2, 0) is 0 Å². The van der Waals surface area contributed by atoms with Crippen molar-refractivity contribution in [1.82, 2.24) is 0 Å². The normalized spacial score (nSPS) is 11.7. The first-order valence-corrected chi connectivity index (χ1v) is 4.55. The van der Waals surface area contributed by atoms with Gasteiger partial charge in [0, 0.05) is 6.42 Å². The molecule has 0 radical (unpaired) electrons. The van der Waals surface area contributed by atoms with Gasteiger partial charge in [-0.05, 0) is 18.9 Å². The summed E-state index contributed by atoms with van der Waals surface area (Å²) in [7, 11) is 0. The van der Waals surface area contributed by atoms with Crippen molar-refractivity contribution in [3.63, 3.8) is 0 Å². The molecule has 0 amide bonds. The third kappa shape index (κ3) is 4.88. The minimum atomic E-state index is -0.265. The van der Waals surface area contributed by atoms with Gasteiger partial charge in [-0.3, -0.25) is 10.1 Å². The van der Waals surface area contributed by atoms with Crippen molar-refractivity contribution in [2.45, 2.75) is 46.0 Å². The van der Waals surface area contributed by atoms with Crippen molar-refractivity contribution in [2.75, 3.05) is 0 Å². The lowest BCUT2D eigenvalue weighted by molar-refractivity contribution is -0.428. The quantitative estimate of drug-likeness (QED) is 0.350. The van der Waals surface area contributed by atoms with Crippen LogP contribution in [0.1, 0.15) is 46.0 Å². The highest BCUT2D eigenvalue weighted by Crippen LogP contribution is 2.09. The summed E-state index contributed by atoms with van der Waals surface area (Å²) < 4.78 is 0. The average Bonchev–Trinajstić information content (AvgIpc) is 2.03. The molecule has 0 aliphatic heterocycles. The highest BCUT2D eigenvalue weighted by atomic mass is 16.6. The van der Waals surface area contributed by atoms with Crippen LogP contribution in [0.5, 0.6) is 0 Å². The van der Waals surface area contributed by atoms with Gasteiger partial charge in [0.1, 0.15) is 0 Å². The summed E-state index contributed by atoms with van der Waals surface area (Å²) in [6, 6.07) is 0. The molecule has 0 aromatic heterocycles. The van der Waals surface area contributed by atoms with Crippen LogP contribution in [0.25, 0.3) is 0 Å². The van der Waals surface area contributed by atoms with E-state index in [9.17, 15) is 10.1 Å². The van der Waals surface area contributed by atoms with Crippen LogP contribution in [0.4, 0.5) is 0 Å². The number of unbranched alkanes of at least 4 members (excludes halogenated alkanes) is 2.